The summed E-state index contributed by atoms with van der Waals surface area (Å²) in [4.78, 5) is 11.5. The van der Waals surface area contributed by atoms with Crippen molar-refractivity contribution in [3.63, 3.8) is 0 Å². The van der Waals surface area contributed by atoms with Crippen LogP contribution in [0.4, 0.5) is 10.1 Å². The van der Waals surface area contributed by atoms with Crippen LogP contribution in [0.25, 0.3) is 0 Å². The Morgan fingerprint density at radius 2 is 2.44 bits per heavy atom. The Morgan fingerprint density at radius 1 is 1.56 bits per heavy atom. The maximum Gasteiger partial charge on any atom is 0.250 e. The molecule has 0 aromatic heterocycles. The normalized spacial score (nSPS) is 18.8. The standard InChI is InChI=1S/C13H17FN2O2/c14-11-2-1-3-12(6-11)16-13(17)9-18-8-10-4-5-15-7-10/h1-3,6,10,15H,4-5,7-9H2,(H,16,17). The van der Waals surface area contributed by atoms with Crippen LogP contribution in [-0.2, 0) is 9.53 Å². The van der Waals surface area contributed by atoms with E-state index in [1.54, 1.807) is 12.1 Å². The van der Waals surface area contributed by atoms with Crippen LogP contribution in [0.1, 0.15) is 6.42 Å². The Bertz CT molecular complexity index is 406. The minimum Gasteiger partial charge on any atom is -0.371 e. The number of amides is 1. The number of nitrogens with one attached hydrogen (secondary N) is 2. The molecule has 1 unspecified atom stereocenters. The van der Waals surface area contributed by atoms with Gasteiger partial charge in [0.05, 0.1) is 6.61 Å². The zero-order valence-electron chi connectivity index (χ0n) is 10.1. The highest BCUT2D eigenvalue weighted by Gasteiger charge is 2.14. The molecule has 1 aliphatic heterocycles. The summed E-state index contributed by atoms with van der Waals surface area (Å²) in [5, 5.41) is 5.82. The maximum absolute atomic E-state index is 12.9. The van der Waals surface area contributed by atoms with Gasteiger partial charge in [-0.3, -0.25) is 4.79 Å². The van der Waals surface area contributed by atoms with Gasteiger partial charge < -0.3 is 15.4 Å². The van der Waals surface area contributed by atoms with Gasteiger partial charge in [-0.15, -0.1) is 0 Å². The first-order chi connectivity index (χ1) is 8.74. The average molecular weight is 252 g/mol. The summed E-state index contributed by atoms with van der Waals surface area (Å²) in [6.45, 7) is 2.56. The van der Waals surface area contributed by atoms with Crippen molar-refractivity contribution in [2.75, 3.05) is 31.6 Å². The molecule has 0 saturated carbocycles. The molecule has 0 bridgehead atoms. The summed E-state index contributed by atoms with van der Waals surface area (Å²) < 4.78 is 18.2. The number of ether oxygens (including phenoxy) is 1. The number of rotatable bonds is 5. The van der Waals surface area contributed by atoms with Gasteiger partial charge in [-0.1, -0.05) is 6.07 Å². The van der Waals surface area contributed by atoms with Gasteiger partial charge in [-0.2, -0.15) is 0 Å². The van der Waals surface area contributed by atoms with Crippen LogP contribution in [0, 0.1) is 11.7 Å². The van der Waals surface area contributed by atoms with E-state index in [4.69, 9.17) is 4.74 Å². The van der Waals surface area contributed by atoms with Gasteiger partial charge in [0.2, 0.25) is 5.91 Å². The first kappa shape index (κ1) is 13.0. The van der Waals surface area contributed by atoms with Crippen LogP contribution in [0.15, 0.2) is 24.3 Å². The molecule has 98 valence electrons. The molecular weight excluding hydrogens is 235 g/mol. The van der Waals surface area contributed by atoms with Gasteiger partial charge in [0.25, 0.3) is 0 Å². The van der Waals surface area contributed by atoms with Gasteiger partial charge in [-0.05, 0) is 37.1 Å². The Morgan fingerprint density at radius 3 is 3.17 bits per heavy atom. The molecule has 5 heteroatoms. The Labute approximate surface area is 106 Å². The molecule has 18 heavy (non-hydrogen) atoms. The van der Waals surface area contributed by atoms with Crippen LogP contribution in [0.3, 0.4) is 0 Å². The van der Waals surface area contributed by atoms with Crippen LogP contribution in [0.5, 0.6) is 0 Å². The van der Waals surface area contributed by atoms with Crippen molar-refractivity contribution >= 4 is 11.6 Å². The lowest BCUT2D eigenvalue weighted by atomic mass is 10.1. The van der Waals surface area contributed by atoms with Crippen LogP contribution < -0.4 is 10.6 Å². The molecule has 1 fully saturated rings. The molecule has 0 aliphatic carbocycles. The quantitative estimate of drug-likeness (QED) is 0.832. The molecule has 1 aromatic carbocycles. The number of halogens is 1. The van der Waals surface area contributed by atoms with E-state index in [9.17, 15) is 9.18 Å². The molecule has 2 N–H and O–H groups in total. The third-order valence-corrected chi connectivity index (χ3v) is 2.86. The second kappa shape index (κ2) is 6.47. The van der Waals surface area contributed by atoms with Gasteiger partial charge in [-0.25, -0.2) is 4.39 Å². The van der Waals surface area contributed by atoms with E-state index in [1.807, 2.05) is 0 Å². The molecule has 1 atom stereocenters. The molecule has 1 heterocycles. The second-order valence-corrected chi connectivity index (χ2v) is 4.43. The minimum atomic E-state index is -0.370. The summed E-state index contributed by atoms with van der Waals surface area (Å²) in [5.74, 6) is -0.135. The smallest absolute Gasteiger partial charge is 0.250 e. The van der Waals surface area contributed by atoms with Crippen LogP contribution in [-0.4, -0.2) is 32.2 Å². The van der Waals surface area contributed by atoms with Crippen LogP contribution in [0.2, 0.25) is 0 Å². The summed E-state index contributed by atoms with van der Waals surface area (Å²) >= 11 is 0. The second-order valence-electron chi connectivity index (χ2n) is 4.43. The summed E-state index contributed by atoms with van der Waals surface area (Å²) in [6.07, 6.45) is 1.09. The summed E-state index contributed by atoms with van der Waals surface area (Å²) in [7, 11) is 0. The summed E-state index contributed by atoms with van der Waals surface area (Å²) in [6, 6.07) is 5.80. The van der Waals surface area contributed by atoms with E-state index in [2.05, 4.69) is 10.6 Å². The topological polar surface area (TPSA) is 50.4 Å². The van der Waals surface area contributed by atoms with Crippen molar-refractivity contribution in [2.45, 2.75) is 6.42 Å². The zero-order chi connectivity index (χ0) is 12.8. The number of anilines is 1. The third-order valence-electron chi connectivity index (χ3n) is 2.86. The highest BCUT2D eigenvalue weighted by Crippen LogP contribution is 2.09. The molecule has 4 nitrogen and oxygen atoms in total. The molecule has 1 amide bonds. The van der Waals surface area contributed by atoms with Gasteiger partial charge in [0.15, 0.2) is 0 Å². The van der Waals surface area contributed by atoms with Crippen molar-refractivity contribution in [3.05, 3.63) is 30.1 Å². The largest absolute Gasteiger partial charge is 0.371 e. The lowest BCUT2D eigenvalue weighted by Crippen LogP contribution is -2.21. The van der Waals surface area contributed by atoms with E-state index in [0.717, 1.165) is 19.5 Å². The van der Waals surface area contributed by atoms with Crippen molar-refractivity contribution in [3.8, 4) is 0 Å². The van der Waals surface area contributed by atoms with E-state index >= 15 is 0 Å². The van der Waals surface area contributed by atoms with Crippen molar-refractivity contribution in [2.24, 2.45) is 5.92 Å². The number of benzene rings is 1. The number of carbonyl (C=O) groups is 1. The Hall–Kier alpha value is -1.46. The zero-order valence-corrected chi connectivity index (χ0v) is 10.1. The van der Waals surface area contributed by atoms with Crippen molar-refractivity contribution in [1.29, 1.82) is 0 Å². The fourth-order valence-electron chi connectivity index (χ4n) is 1.94. The Balaban J connectivity index is 1.68. The van der Waals surface area contributed by atoms with E-state index in [0.29, 0.717) is 18.2 Å². The lowest BCUT2D eigenvalue weighted by Gasteiger charge is -2.09. The Kier molecular flexibility index (Phi) is 4.66. The number of hydrogen-bond acceptors (Lipinski definition) is 3. The monoisotopic (exact) mass is 252 g/mol. The predicted molar refractivity (Wildman–Crippen MR) is 66.8 cm³/mol. The van der Waals surface area contributed by atoms with Crippen molar-refractivity contribution in [1.82, 2.24) is 5.32 Å². The van der Waals surface area contributed by atoms with Crippen LogP contribution >= 0.6 is 0 Å². The molecule has 0 radical (unpaired) electrons. The fraction of sp³-hybridized carbons (Fsp3) is 0.462. The molecular formula is C13H17FN2O2. The SMILES string of the molecule is O=C(COCC1CCNC1)Nc1cccc(F)c1. The number of carbonyl (C=O) groups excluding carboxylic acids is 1. The van der Waals surface area contributed by atoms with Crippen molar-refractivity contribution < 1.29 is 13.9 Å². The van der Waals surface area contributed by atoms with E-state index < -0.39 is 0 Å². The third kappa shape index (κ3) is 4.09. The molecule has 1 aliphatic rings. The molecule has 1 saturated heterocycles. The first-order valence-electron chi connectivity index (χ1n) is 6.08. The van der Waals surface area contributed by atoms with E-state index in [1.165, 1.54) is 12.1 Å². The van der Waals surface area contributed by atoms with E-state index in [-0.39, 0.29) is 18.3 Å². The number of hydrogen-bond donors (Lipinski definition) is 2. The lowest BCUT2D eigenvalue weighted by molar-refractivity contribution is -0.121. The molecule has 2 rings (SSSR count). The average Bonchev–Trinajstić information content (AvgIpc) is 2.82. The predicted octanol–water partition coefficient (Wildman–Crippen LogP) is 1.39. The van der Waals surface area contributed by atoms with Gasteiger partial charge in [0.1, 0.15) is 12.4 Å². The first-order valence-corrected chi connectivity index (χ1v) is 6.08. The fourth-order valence-corrected chi connectivity index (χ4v) is 1.94. The van der Waals surface area contributed by atoms with Gasteiger partial charge in [0, 0.05) is 12.2 Å². The minimum absolute atomic E-state index is 0.00696. The highest BCUT2D eigenvalue weighted by molar-refractivity contribution is 5.91. The van der Waals surface area contributed by atoms with Gasteiger partial charge >= 0.3 is 0 Å². The maximum atomic E-state index is 12.9. The summed E-state index contributed by atoms with van der Waals surface area (Å²) in [5.41, 5.74) is 0.450. The molecule has 0 spiro atoms. The molecule has 1 aromatic rings. The highest BCUT2D eigenvalue weighted by atomic mass is 19.1.